The lowest BCUT2D eigenvalue weighted by Crippen LogP contribution is -2.23. The number of hydrogen-bond acceptors (Lipinski definition) is 5. The van der Waals surface area contributed by atoms with E-state index in [4.69, 9.17) is 14.2 Å². The number of nitrogens with zero attached hydrogens (tertiary/aromatic N) is 1. The molecule has 0 fully saturated rings. The fraction of sp³-hybridized carbons (Fsp3) is 0.263. The number of aliphatic imine (C=N–C) groups is 1. The lowest BCUT2D eigenvalue weighted by Gasteiger charge is -2.13. The predicted molar refractivity (Wildman–Crippen MR) is 93.1 cm³/mol. The molecule has 0 saturated carbocycles. The Morgan fingerprint density at radius 1 is 1.04 bits per heavy atom. The maximum Gasteiger partial charge on any atom is 0.330 e. The highest BCUT2D eigenvalue weighted by atomic mass is 16.5. The smallest absolute Gasteiger partial charge is 0.330 e. The van der Waals surface area contributed by atoms with Gasteiger partial charge in [0.15, 0.2) is 17.5 Å². The van der Waals surface area contributed by atoms with Crippen LogP contribution in [0, 0.1) is 0 Å². The molecule has 5 heteroatoms. The van der Waals surface area contributed by atoms with Crippen molar-refractivity contribution in [2.45, 2.75) is 12.5 Å². The van der Waals surface area contributed by atoms with Gasteiger partial charge in [-0.15, -0.1) is 0 Å². The van der Waals surface area contributed by atoms with Gasteiger partial charge in [0, 0.05) is 12.6 Å². The van der Waals surface area contributed by atoms with Crippen LogP contribution in [0.1, 0.15) is 11.1 Å². The second kappa shape index (κ2) is 8.72. The van der Waals surface area contributed by atoms with Crippen LogP contribution in [0.5, 0.6) is 11.5 Å². The highest BCUT2D eigenvalue weighted by Gasteiger charge is 2.19. The molecule has 0 amide bonds. The van der Waals surface area contributed by atoms with Gasteiger partial charge in [-0.3, -0.25) is 4.99 Å². The fourth-order valence-electron chi connectivity index (χ4n) is 2.28. The predicted octanol–water partition coefficient (Wildman–Crippen LogP) is 2.91. The molecule has 0 heterocycles. The number of carbonyl (C=O) groups excluding carboxylic acids is 1. The average molecular weight is 327 g/mol. The number of methoxy groups -OCH3 is 3. The Labute approximate surface area is 141 Å². The van der Waals surface area contributed by atoms with Crippen molar-refractivity contribution in [3.8, 4) is 11.5 Å². The van der Waals surface area contributed by atoms with Crippen molar-refractivity contribution in [2.75, 3.05) is 21.3 Å². The minimum atomic E-state index is -0.617. The van der Waals surface area contributed by atoms with Gasteiger partial charge in [0.1, 0.15) is 0 Å². The number of hydrogen-bond donors (Lipinski definition) is 0. The van der Waals surface area contributed by atoms with Gasteiger partial charge in [-0.05, 0) is 23.3 Å². The maximum atomic E-state index is 12.0. The molecule has 2 aromatic rings. The van der Waals surface area contributed by atoms with Crippen LogP contribution in [0.25, 0.3) is 0 Å². The molecule has 0 unspecified atom stereocenters. The molecule has 0 radical (unpaired) electrons. The Morgan fingerprint density at radius 2 is 1.75 bits per heavy atom. The van der Waals surface area contributed by atoms with Crippen molar-refractivity contribution in [1.82, 2.24) is 0 Å². The number of rotatable bonds is 7. The first-order valence-electron chi connectivity index (χ1n) is 7.55. The molecule has 0 saturated heterocycles. The van der Waals surface area contributed by atoms with E-state index in [0.29, 0.717) is 17.9 Å². The van der Waals surface area contributed by atoms with Crippen LogP contribution in [-0.2, 0) is 16.0 Å². The summed E-state index contributed by atoms with van der Waals surface area (Å²) in [4.78, 5) is 16.4. The maximum absolute atomic E-state index is 12.0. The highest BCUT2D eigenvalue weighted by molar-refractivity contribution is 5.84. The van der Waals surface area contributed by atoms with Crippen molar-refractivity contribution in [3.05, 3.63) is 59.7 Å². The summed E-state index contributed by atoms with van der Waals surface area (Å²) in [6.07, 6.45) is 2.10. The van der Waals surface area contributed by atoms with E-state index in [2.05, 4.69) is 4.99 Å². The Balaban J connectivity index is 2.20. The molecule has 2 rings (SSSR count). The zero-order chi connectivity index (χ0) is 17.4. The third-order valence-corrected chi connectivity index (χ3v) is 3.55. The first-order chi connectivity index (χ1) is 11.7. The van der Waals surface area contributed by atoms with Gasteiger partial charge in [-0.2, -0.15) is 0 Å². The van der Waals surface area contributed by atoms with Crippen LogP contribution in [-0.4, -0.2) is 39.6 Å². The van der Waals surface area contributed by atoms with Crippen LogP contribution in [0.3, 0.4) is 0 Å². The topological polar surface area (TPSA) is 57.1 Å². The molecule has 0 spiro atoms. The third kappa shape index (κ3) is 4.59. The van der Waals surface area contributed by atoms with E-state index in [0.717, 1.165) is 11.1 Å². The molecule has 0 N–H and O–H groups in total. The Bertz CT molecular complexity index is 698. The minimum absolute atomic E-state index is 0.378. The number of ether oxygens (including phenoxy) is 3. The number of benzene rings is 2. The summed E-state index contributed by atoms with van der Waals surface area (Å²) in [5.74, 6) is 0.881. The van der Waals surface area contributed by atoms with Crippen molar-refractivity contribution < 1.29 is 19.0 Å². The van der Waals surface area contributed by atoms with Gasteiger partial charge in [-0.25, -0.2) is 4.79 Å². The van der Waals surface area contributed by atoms with Crippen molar-refractivity contribution in [3.63, 3.8) is 0 Å². The van der Waals surface area contributed by atoms with Crippen molar-refractivity contribution >= 4 is 12.2 Å². The highest BCUT2D eigenvalue weighted by Crippen LogP contribution is 2.28. The molecule has 2 aromatic carbocycles. The van der Waals surface area contributed by atoms with Gasteiger partial charge < -0.3 is 14.2 Å². The molecule has 0 bridgehead atoms. The summed E-state index contributed by atoms with van der Waals surface area (Å²) in [7, 11) is 4.52. The summed E-state index contributed by atoms with van der Waals surface area (Å²) in [6.45, 7) is 0. The molecule has 126 valence electrons. The Hall–Kier alpha value is -2.82. The van der Waals surface area contributed by atoms with Gasteiger partial charge in [0.25, 0.3) is 0 Å². The normalized spacial score (nSPS) is 12.0. The van der Waals surface area contributed by atoms with Gasteiger partial charge in [0.2, 0.25) is 0 Å². The van der Waals surface area contributed by atoms with Crippen LogP contribution >= 0.6 is 0 Å². The molecular formula is C19H21NO4. The largest absolute Gasteiger partial charge is 0.493 e. The van der Waals surface area contributed by atoms with Crippen molar-refractivity contribution in [1.29, 1.82) is 0 Å². The monoisotopic (exact) mass is 327 g/mol. The first-order valence-corrected chi connectivity index (χ1v) is 7.55. The third-order valence-electron chi connectivity index (χ3n) is 3.55. The Kier molecular flexibility index (Phi) is 6.37. The molecule has 5 nitrogen and oxygen atoms in total. The van der Waals surface area contributed by atoms with Crippen LogP contribution < -0.4 is 9.47 Å². The zero-order valence-electron chi connectivity index (χ0n) is 14.1. The van der Waals surface area contributed by atoms with Crippen LogP contribution in [0.4, 0.5) is 0 Å². The van der Waals surface area contributed by atoms with Gasteiger partial charge >= 0.3 is 5.97 Å². The van der Waals surface area contributed by atoms with E-state index in [1.807, 2.05) is 48.5 Å². The molecule has 0 aliphatic rings. The van der Waals surface area contributed by atoms with E-state index in [1.54, 1.807) is 20.4 Å². The quantitative estimate of drug-likeness (QED) is 0.579. The molecule has 0 aromatic heterocycles. The lowest BCUT2D eigenvalue weighted by molar-refractivity contribution is -0.142. The van der Waals surface area contributed by atoms with E-state index in [1.165, 1.54) is 7.11 Å². The van der Waals surface area contributed by atoms with E-state index in [-0.39, 0.29) is 5.97 Å². The number of carbonyl (C=O) groups is 1. The van der Waals surface area contributed by atoms with Crippen LogP contribution in [0.15, 0.2) is 53.5 Å². The lowest BCUT2D eigenvalue weighted by atomic mass is 10.1. The molecule has 0 aliphatic carbocycles. The SMILES string of the molecule is COC(=O)[C@H](Cc1ccc(OC)c(OC)c1)N=Cc1ccccc1. The van der Waals surface area contributed by atoms with Crippen molar-refractivity contribution in [2.24, 2.45) is 4.99 Å². The molecule has 1 atom stereocenters. The van der Waals surface area contributed by atoms with Crippen LogP contribution in [0.2, 0.25) is 0 Å². The number of esters is 1. The molecule has 0 aliphatic heterocycles. The van der Waals surface area contributed by atoms with Gasteiger partial charge in [0.05, 0.1) is 21.3 Å². The summed E-state index contributed by atoms with van der Waals surface area (Å²) in [5.41, 5.74) is 1.84. The Morgan fingerprint density at radius 3 is 2.38 bits per heavy atom. The summed E-state index contributed by atoms with van der Waals surface area (Å²) < 4.78 is 15.4. The average Bonchev–Trinajstić information content (AvgIpc) is 2.65. The summed E-state index contributed by atoms with van der Waals surface area (Å²) in [6, 6.07) is 14.5. The zero-order valence-corrected chi connectivity index (χ0v) is 14.1. The minimum Gasteiger partial charge on any atom is -0.493 e. The van der Waals surface area contributed by atoms with E-state index >= 15 is 0 Å². The first kappa shape index (κ1) is 17.5. The summed E-state index contributed by atoms with van der Waals surface area (Å²) >= 11 is 0. The standard InChI is InChI=1S/C19H21NO4/c1-22-17-10-9-15(12-18(17)23-2)11-16(19(21)24-3)20-13-14-7-5-4-6-8-14/h4-10,12-13,16H,11H2,1-3H3/t16-/m0/s1. The molecular weight excluding hydrogens is 306 g/mol. The fourth-order valence-corrected chi connectivity index (χ4v) is 2.28. The second-order valence-corrected chi connectivity index (χ2v) is 5.12. The van der Waals surface area contributed by atoms with Gasteiger partial charge in [-0.1, -0.05) is 36.4 Å². The summed E-state index contributed by atoms with van der Waals surface area (Å²) in [5, 5.41) is 0. The molecule has 24 heavy (non-hydrogen) atoms. The second-order valence-electron chi connectivity index (χ2n) is 5.12. The van der Waals surface area contributed by atoms with E-state index < -0.39 is 6.04 Å². The van der Waals surface area contributed by atoms with E-state index in [9.17, 15) is 4.79 Å².